The Morgan fingerprint density at radius 2 is 1.35 bits per heavy atom. The number of rotatable bonds is 14. The van der Waals surface area contributed by atoms with E-state index in [1.54, 1.807) is 0 Å². The van der Waals surface area contributed by atoms with Crippen LogP contribution in [-0.2, 0) is 18.0 Å². The highest BCUT2D eigenvalue weighted by molar-refractivity contribution is 6.60. The summed E-state index contributed by atoms with van der Waals surface area (Å²) in [6.07, 6.45) is 5.03. The largest absolute Gasteiger partial charge is 0.503 e. The van der Waals surface area contributed by atoms with E-state index in [1.807, 2.05) is 20.8 Å². The smallest absolute Gasteiger partial charge is 0.379 e. The van der Waals surface area contributed by atoms with Crippen molar-refractivity contribution < 1.29 is 18.0 Å². The van der Waals surface area contributed by atoms with Gasteiger partial charge in [0.25, 0.3) is 0 Å². The maximum absolute atomic E-state index is 5.88. The first kappa shape index (κ1) is 20.1. The third kappa shape index (κ3) is 9.08. The first-order valence-corrected chi connectivity index (χ1v) is 10.1. The summed E-state index contributed by atoms with van der Waals surface area (Å²) in [5, 5.41) is 0. The summed E-state index contributed by atoms with van der Waals surface area (Å²) >= 11 is 0. The molecular weight excluding hydrogens is 272 g/mol. The van der Waals surface area contributed by atoms with Crippen molar-refractivity contribution in [3.8, 4) is 0 Å². The van der Waals surface area contributed by atoms with Gasteiger partial charge >= 0.3 is 8.80 Å². The van der Waals surface area contributed by atoms with Crippen LogP contribution in [0.3, 0.4) is 0 Å². The van der Waals surface area contributed by atoms with Gasteiger partial charge < -0.3 is 18.0 Å². The number of unbranched alkanes of at least 4 members (excludes halogenated alkanes) is 3. The summed E-state index contributed by atoms with van der Waals surface area (Å²) in [7, 11) is -2.56. The first-order chi connectivity index (χ1) is 9.64. The molecule has 0 fully saturated rings. The van der Waals surface area contributed by atoms with Crippen molar-refractivity contribution in [1.29, 1.82) is 0 Å². The quantitative estimate of drug-likeness (QED) is 0.359. The lowest BCUT2D eigenvalue weighted by atomic mass is 10.2. The molecule has 0 aromatic heterocycles. The normalized spacial score (nSPS) is 13.7. The third-order valence-corrected chi connectivity index (χ3v) is 6.29. The van der Waals surface area contributed by atoms with Crippen molar-refractivity contribution in [2.45, 2.75) is 72.5 Å². The maximum Gasteiger partial charge on any atom is 0.503 e. The average Bonchev–Trinajstić information content (AvgIpc) is 2.39. The van der Waals surface area contributed by atoms with Gasteiger partial charge in [-0.05, 0) is 34.1 Å². The van der Waals surface area contributed by atoms with Crippen LogP contribution in [0.25, 0.3) is 0 Å². The Morgan fingerprint density at radius 1 is 0.800 bits per heavy atom. The van der Waals surface area contributed by atoms with E-state index >= 15 is 0 Å². The lowest BCUT2D eigenvalue weighted by Crippen LogP contribution is -2.48. The molecule has 20 heavy (non-hydrogen) atoms. The Kier molecular flexibility index (Phi) is 12.8. The summed E-state index contributed by atoms with van der Waals surface area (Å²) < 4.78 is 23.4. The lowest BCUT2D eigenvalue weighted by molar-refractivity contribution is 0.0319. The fourth-order valence-electron chi connectivity index (χ4n) is 2.19. The second-order valence-corrected chi connectivity index (χ2v) is 7.57. The predicted octanol–water partition coefficient (Wildman–Crippen LogP) is 4.02. The van der Waals surface area contributed by atoms with Gasteiger partial charge in [-0.25, -0.2) is 0 Å². The van der Waals surface area contributed by atoms with Crippen LogP contribution in [0.15, 0.2) is 0 Å². The Bertz CT molecular complexity index is 197. The Morgan fingerprint density at radius 3 is 1.80 bits per heavy atom. The third-order valence-electron chi connectivity index (χ3n) is 3.03. The molecule has 0 spiro atoms. The molecule has 0 bridgehead atoms. The van der Waals surface area contributed by atoms with E-state index in [-0.39, 0.29) is 6.10 Å². The van der Waals surface area contributed by atoms with E-state index in [0.29, 0.717) is 19.8 Å². The fourth-order valence-corrected chi connectivity index (χ4v) is 4.93. The topological polar surface area (TPSA) is 36.9 Å². The molecule has 5 heteroatoms. The monoisotopic (exact) mass is 306 g/mol. The Hall–Kier alpha value is 0.0569. The molecule has 122 valence electrons. The van der Waals surface area contributed by atoms with Crippen LogP contribution in [-0.4, -0.2) is 41.3 Å². The van der Waals surface area contributed by atoms with Crippen LogP contribution >= 0.6 is 0 Å². The molecule has 0 aromatic rings. The van der Waals surface area contributed by atoms with Crippen molar-refractivity contribution in [3.63, 3.8) is 0 Å². The average molecular weight is 307 g/mol. The fraction of sp³-hybridized carbons (Fsp3) is 1.00. The second kappa shape index (κ2) is 12.8. The van der Waals surface area contributed by atoms with E-state index < -0.39 is 8.80 Å². The number of ether oxygens (including phenoxy) is 1. The zero-order valence-corrected chi connectivity index (χ0v) is 15.1. The minimum Gasteiger partial charge on any atom is -0.379 e. The predicted molar refractivity (Wildman–Crippen MR) is 85.0 cm³/mol. The highest BCUT2D eigenvalue weighted by Crippen LogP contribution is 2.20. The van der Waals surface area contributed by atoms with Crippen molar-refractivity contribution in [2.24, 2.45) is 0 Å². The molecule has 0 saturated carbocycles. The SMILES string of the molecule is CCCCCCOC(C)C[Si](OCC)(OCC)OCC. The lowest BCUT2D eigenvalue weighted by Gasteiger charge is -2.30. The van der Waals surface area contributed by atoms with Crippen LogP contribution in [0.4, 0.5) is 0 Å². The number of hydrogen-bond acceptors (Lipinski definition) is 4. The minimum atomic E-state index is -2.56. The zero-order valence-electron chi connectivity index (χ0n) is 14.1. The summed E-state index contributed by atoms with van der Waals surface area (Å²) in [4.78, 5) is 0. The van der Waals surface area contributed by atoms with E-state index in [4.69, 9.17) is 18.0 Å². The zero-order chi connectivity index (χ0) is 15.3. The van der Waals surface area contributed by atoms with Gasteiger partial charge in [-0.15, -0.1) is 0 Å². The molecule has 0 saturated heterocycles. The molecule has 0 aliphatic carbocycles. The standard InChI is InChI=1S/C15H34O4Si/c1-6-10-11-12-13-16-15(5)14-20(17-7-2,18-8-3)19-9-4/h15H,6-14H2,1-5H3. The van der Waals surface area contributed by atoms with Crippen LogP contribution in [0.1, 0.15) is 60.3 Å². The van der Waals surface area contributed by atoms with Gasteiger partial charge in [0.05, 0.1) is 6.10 Å². The van der Waals surface area contributed by atoms with Crippen molar-refractivity contribution >= 4 is 8.80 Å². The van der Waals surface area contributed by atoms with Gasteiger partial charge in [0.1, 0.15) is 0 Å². The van der Waals surface area contributed by atoms with Crippen molar-refractivity contribution in [1.82, 2.24) is 0 Å². The summed E-state index contributed by atoms with van der Waals surface area (Å²) in [5.74, 6) is 0. The van der Waals surface area contributed by atoms with Crippen LogP contribution in [0.5, 0.6) is 0 Å². The molecule has 0 heterocycles. The Balaban J connectivity index is 4.18. The van der Waals surface area contributed by atoms with E-state index in [2.05, 4.69) is 13.8 Å². The van der Waals surface area contributed by atoms with Crippen LogP contribution in [0, 0.1) is 0 Å². The molecule has 0 aliphatic rings. The molecule has 0 N–H and O–H groups in total. The van der Waals surface area contributed by atoms with Gasteiger partial charge in [0.2, 0.25) is 0 Å². The van der Waals surface area contributed by atoms with Crippen molar-refractivity contribution in [2.75, 3.05) is 26.4 Å². The molecule has 1 unspecified atom stereocenters. The summed E-state index contributed by atoms with van der Waals surface area (Å²) in [6.45, 7) is 12.9. The minimum absolute atomic E-state index is 0.118. The summed E-state index contributed by atoms with van der Waals surface area (Å²) in [5.41, 5.74) is 0. The molecular formula is C15H34O4Si. The van der Waals surface area contributed by atoms with Crippen molar-refractivity contribution in [3.05, 3.63) is 0 Å². The van der Waals surface area contributed by atoms with E-state index in [1.165, 1.54) is 19.3 Å². The highest BCUT2D eigenvalue weighted by Gasteiger charge is 2.42. The van der Waals surface area contributed by atoms with Crippen LogP contribution < -0.4 is 0 Å². The van der Waals surface area contributed by atoms with Gasteiger partial charge in [0, 0.05) is 32.5 Å². The summed E-state index contributed by atoms with van der Waals surface area (Å²) in [6, 6.07) is 0.732. The molecule has 1 atom stereocenters. The van der Waals surface area contributed by atoms with Crippen LogP contribution in [0.2, 0.25) is 6.04 Å². The Labute approximate surface area is 126 Å². The molecule has 0 aliphatic heterocycles. The molecule has 4 nitrogen and oxygen atoms in total. The molecule has 0 aromatic carbocycles. The second-order valence-electron chi connectivity index (χ2n) is 4.93. The first-order valence-electron chi connectivity index (χ1n) is 8.17. The van der Waals surface area contributed by atoms with E-state index in [0.717, 1.165) is 19.1 Å². The highest BCUT2D eigenvalue weighted by atomic mass is 28.4. The molecule has 0 rings (SSSR count). The van der Waals surface area contributed by atoms with Gasteiger partial charge in [0.15, 0.2) is 0 Å². The van der Waals surface area contributed by atoms with Gasteiger partial charge in [-0.3, -0.25) is 0 Å². The number of hydrogen-bond donors (Lipinski definition) is 0. The molecule has 0 radical (unpaired) electrons. The molecule has 0 amide bonds. The van der Waals surface area contributed by atoms with Gasteiger partial charge in [-0.1, -0.05) is 26.2 Å². The maximum atomic E-state index is 5.88. The van der Waals surface area contributed by atoms with E-state index in [9.17, 15) is 0 Å². The van der Waals surface area contributed by atoms with Gasteiger partial charge in [-0.2, -0.15) is 0 Å².